The van der Waals surface area contributed by atoms with E-state index in [0.29, 0.717) is 6.54 Å². The van der Waals surface area contributed by atoms with Gasteiger partial charge in [0.2, 0.25) is 5.91 Å². The van der Waals surface area contributed by atoms with Crippen molar-refractivity contribution < 1.29 is 18.0 Å². The lowest BCUT2D eigenvalue weighted by atomic mass is 10.0. The molecule has 1 aliphatic rings. The van der Waals surface area contributed by atoms with Crippen LogP contribution in [0.5, 0.6) is 0 Å². The molecule has 0 aromatic rings. The molecule has 0 spiro atoms. The van der Waals surface area contributed by atoms with Gasteiger partial charge in [0.1, 0.15) is 0 Å². The van der Waals surface area contributed by atoms with Gasteiger partial charge in [0.25, 0.3) is 0 Å². The highest BCUT2D eigenvalue weighted by molar-refractivity contribution is 5.76. The summed E-state index contributed by atoms with van der Waals surface area (Å²) in [7, 11) is 0. The van der Waals surface area contributed by atoms with Crippen LogP contribution in [0.1, 0.15) is 52.4 Å². The van der Waals surface area contributed by atoms with Gasteiger partial charge in [0.15, 0.2) is 0 Å². The van der Waals surface area contributed by atoms with Crippen molar-refractivity contribution in [3.05, 3.63) is 0 Å². The molecular formula is C14H25F3N2O. The fourth-order valence-corrected chi connectivity index (χ4v) is 2.59. The van der Waals surface area contributed by atoms with Gasteiger partial charge in [-0.2, -0.15) is 13.2 Å². The van der Waals surface area contributed by atoms with Gasteiger partial charge in [-0.1, -0.05) is 12.8 Å². The summed E-state index contributed by atoms with van der Waals surface area (Å²) in [5.41, 5.74) is -0.493. The number of carbonyl (C=O) groups is 1. The molecule has 1 amide bonds. The van der Waals surface area contributed by atoms with Gasteiger partial charge < -0.3 is 10.2 Å². The van der Waals surface area contributed by atoms with Gasteiger partial charge in [-0.05, 0) is 39.8 Å². The number of nitrogens with zero attached hydrogens (tertiary/aromatic N) is 1. The highest BCUT2D eigenvalue weighted by Gasteiger charge is 2.30. The van der Waals surface area contributed by atoms with Crippen LogP contribution in [0.15, 0.2) is 0 Å². The Bertz CT molecular complexity index is 308. The zero-order valence-electron chi connectivity index (χ0n) is 12.4. The minimum absolute atomic E-state index is 0.493. The maximum Gasteiger partial charge on any atom is 0.389 e. The van der Waals surface area contributed by atoms with Gasteiger partial charge in [0.05, 0.1) is 6.42 Å². The van der Waals surface area contributed by atoms with Crippen molar-refractivity contribution in [2.45, 2.75) is 64.1 Å². The molecule has 0 atom stereocenters. The number of amides is 1. The topological polar surface area (TPSA) is 32.3 Å². The van der Waals surface area contributed by atoms with E-state index in [9.17, 15) is 18.0 Å². The Morgan fingerprint density at radius 3 is 2.15 bits per heavy atom. The Hall–Kier alpha value is -0.780. The van der Waals surface area contributed by atoms with Crippen LogP contribution in [-0.2, 0) is 4.79 Å². The van der Waals surface area contributed by atoms with Crippen LogP contribution in [-0.4, -0.2) is 42.2 Å². The minimum Gasteiger partial charge on any atom is -0.350 e. The Labute approximate surface area is 118 Å². The SMILES string of the molecule is CC(C)(CN1CCCCCC1)NC(=O)CCC(F)(F)F. The standard InChI is InChI=1S/C14H25F3N2O/c1-13(2,11-19-9-5-3-4-6-10-19)18-12(20)7-8-14(15,16)17/h3-11H2,1-2H3,(H,18,20). The van der Waals surface area contributed by atoms with Crippen LogP contribution in [0.3, 0.4) is 0 Å². The first kappa shape index (κ1) is 17.3. The van der Waals surface area contributed by atoms with Crippen molar-refractivity contribution in [3.8, 4) is 0 Å². The Kier molecular flexibility index (Phi) is 6.30. The van der Waals surface area contributed by atoms with Crippen molar-refractivity contribution >= 4 is 5.91 Å². The molecule has 0 bridgehead atoms. The van der Waals surface area contributed by atoms with E-state index in [4.69, 9.17) is 0 Å². The molecule has 3 nitrogen and oxygen atoms in total. The molecule has 1 N–H and O–H groups in total. The van der Waals surface area contributed by atoms with E-state index in [1.165, 1.54) is 12.8 Å². The Balaban J connectivity index is 2.37. The van der Waals surface area contributed by atoms with Crippen LogP contribution in [0.2, 0.25) is 0 Å². The molecule has 1 fully saturated rings. The third-order valence-electron chi connectivity index (χ3n) is 3.43. The summed E-state index contributed by atoms with van der Waals surface area (Å²) in [6.07, 6.45) is -1.06. The lowest BCUT2D eigenvalue weighted by Gasteiger charge is -2.33. The Morgan fingerprint density at radius 1 is 1.10 bits per heavy atom. The number of hydrogen-bond acceptors (Lipinski definition) is 2. The second-order valence-electron chi connectivity index (χ2n) is 6.24. The first-order chi connectivity index (χ1) is 9.18. The molecule has 0 unspecified atom stereocenters. The summed E-state index contributed by atoms with van der Waals surface area (Å²) in [6, 6.07) is 0. The summed E-state index contributed by atoms with van der Waals surface area (Å²) in [5.74, 6) is -0.526. The predicted octanol–water partition coefficient (Wildman–Crippen LogP) is 3.10. The average Bonchev–Trinajstić information content (AvgIpc) is 2.52. The molecule has 0 radical (unpaired) electrons. The fourth-order valence-electron chi connectivity index (χ4n) is 2.59. The molecule has 0 aromatic heterocycles. The van der Waals surface area contributed by atoms with E-state index in [0.717, 1.165) is 25.9 Å². The van der Waals surface area contributed by atoms with Crippen LogP contribution in [0, 0.1) is 0 Å². The molecule has 1 rings (SSSR count). The molecule has 0 aromatic carbocycles. The first-order valence-corrected chi connectivity index (χ1v) is 7.28. The second kappa shape index (κ2) is 7.29. The molecule has 0 saturated carbocycles. The highest BCUT2D eigenvalue weighted by Crippen LogP contribution is 2.21. The van der Waals surface area contributed by atoms with E-state index >= 15 is 0 Å². The number of alkyl halides is 3. The largest absolute Gasteiger partial charge is 0.389 e. The highest BCUT2D eigenvalue weighted by atomic mass is 19.4. The van der Waals surface area contributed by atoms with Crippen LogP contribution < -0.4 is 5.32 Å². The third-order valence-corrected chi connectivity index (χ3v) is 3.43. The summed E-state index contributed by atoms with van der Waals surface area (Å²) in [4.78, 5) is 13.9. The van der Waals surface area contributed by atoms with Gasteiger partial charge in [0, 0.05) is 18.5 Å². The zero-order chi connectivity index (χ0) is 15.2. The molecular weight excluding hydrogens is 269 g/mol. The number of carbonyl (C=O) groups excluding carboxylic acids is 1. The Morgan fingerprint density at radius 2 is 1.65 bits per heavy atom. The number of nitrogens with one attached hydrogen (secondary N) is 1. The van der Waals surface area contributed by atoms with E-state index in [-0.39, 0.29) is 0 Å². The van der Waals surface area contributed by atoms with Gasteiger partial charge in [-0.15, -0.1) is 0 Å². The monoisotopic (exact) mass is 294 g/mol. The van der Waals surface area contributed by atoms with Crippen molar-refractivity contribution in [1.82, 2.24) is 10.2 Å². The normalized spacial score (nSPS) is 18.6. The summed E-state index contributed by atoms with van der Waals surface area (Å²) < 4.78 is 36.2. The quantitative estimate of drug-likeness (QED) is 0.845. The fraction of sp³-hybridized carbons (Fsp3) is 0.929. The number of rotatable bonds is 5. The minimum atomic E-state index is -4.27. The predicted molar refractivity (Wildman–Crippen MR) is 72.4 cm³/mol. The van der Waals surface area contributed by atoms with Crippen molar-refractivity contribution in [1.29, 1.82) is 0 Å². The summed E-state index contributed by atoms with van der Waals surface area (Å²) >= 11 is 0. The van der Waals surface area contributed by atoms with E-state index in [1.54, 1.807) is 0 Å². The summed E-state index contributed by atoms with van der Waals surface area (Å²) in [5, 5.41) is 2.72. The summed E-state index contributed by atoms with van der Waals surface area (Å²) in [6.45, 7) is 6.42. The molecule has 1 heterocycles. The lowest BCUT2D eigenvalue weighted by Crippen LogP contribution is -2.51. The molecule has 0 aliphatic carbocycles. The molecule has 118 valence electrons. The number of hydrogen-bond donors (Lipinski definition) is 1. The number of halogens is 3. The maximum absolute atomic E-state index is 12.1. The maximum atomic E-state index is 12.1. The van der Waals surface area contributed by atoms with Gasteiger partial charge >= 0.3 is 6.18 Å². The lowest BCUT2D eigenvalue weighted by molar-refractivity contribution is -0.144. The first-order valence-electron chi connectivity index (χ1n) is 7.28. The van der Waals surface area contributed by atoms with Crippen LogP contribution in [0.25, 0.3) is 0 Å². The van der Waals surface area contributed by atoms with E-state index in [2.05, 4.69) is 10.2 Å². The molecule has 1 aliphatic heterocycles. The van der Waals surface area contributed by atoms with Crippen LogP contribution >= 0.6 is 0 Å². The molecule has 20 heavy (non-hydrogen) atoms. The number of likely N-dealkylation sites (tertiary alicyclic amines) is 1. The molecule has 6 heteroatoms. The average molecular weight is 294 g/mol. The van der Waals surface area contributed by atoms with E-state index in [1.807, 2.05) is 13.8 Å². The zero-order valence-corrected chi connectivity index (χ0v) is 12.4. The van der Waals surface area contributed by atoms with Gasteiger partial charge in [-0.3, -0.25) is 4.79 Å². The van der Waals surface area contributed by atoms with Crippen LogP contribution in [0.4, 0.5) is 13.2 Å². The van der Waals surface area contributed by atoms with Crippen molar-refractivity contribution in [2.75, 3.05) is 19.6 Å². The van der Waals surface area contributed by atoms with Gasteiger partial charge in [-0.25, -0.2) is 0 Å². The second-order valence-corrected chi connectivity index (χ2v) is 6.24. The van der Waals surface area contributed by atoms with E-state index < -0.39 is 30.5 Å². The van der Waals surface area contributed by atoms with Crippen molar-refractivity contribution in [2.24, 2.45) is 0 Å². The smallest absolute Gasteiger partial charge is 0.350 e. The molecule has 1 saturated heterocycles. The van der Waals surface area contributed by atoms with Crippen molar-refractivity contribution in [3.63, 3.8) is 0 Å². The third kappa shape index (κ3) is 7.72.